The van der Waals surface area contributed by atoms with Crippen molar-refractivity contribution in [2.45, 2.75) is 31.7 Å². The normalized spacial score (nSPS) is 11.3. The molecule has 9 nitrogen and oxygen atoms in total. The van der Waals surface area contributed by atoms with E-state index in [1.165, 1.54) is 31.6 Å². The lowest BCUT2D eigenvalue weighted by molar-refractivity contribution is 0.0599. The molecular weight excluding hydrogens is 422 g/mol. The summed E-state index contributed by atoms with van der Waals surface area (Å²) >= 11 is 0. The fourth-order valence-corrected chi connectivity index (χ4v) is 4.17. The average molecular weight is 445 g/mol. The molecule has 10 heteroatoms. The van der Waals surface area contributed by atoms with Gasteiger partial charge in [0.2, 0.25) is 10.0 Å². The molecule has 3 aromatic rings. The van der Waals surface area contributed by atoms with Crippen LogP contribution in [0.15, 0.2) is 52.0 Å². The van der Waals surface area contributed by atoms with Crippen LogP contribution in [-0.4, -0.2) is 32.4 Å². The van der Waals surface area contributed by atoms with Gasteiger partial charge in [-0.2, -0.15) is 0 Å². The molecule has 0 radical (unpaired) electrons. The number of aryl methyl sites for hydroxylation is 1. The minimum atomic E-state index is -3.82. The number of esters is 1. The van der Waals surface area contributed by atoms with Crippen LogP contribution in [0.2, 0.25) is 0 Å². The van der Waals surface area contributed by atoms with E-state index in [4.69, 9.17) is 9.15 Å². The first kappa shape index (κ1) is 22.3. The van der Waals surface area contributed by atoms with E-state index < -0.39 is 21.9 Å². The third-order valence-electron chi connectivity index (χ3n) is 4.72. The SMILES string of the molecule is CCc1[nH]c(C(=O)Nc2cccc(S(=O)(=O)NCc3ccco3)c2)c(C)c1C(=O)OC. The minimum absolute atomic E-state index is 0.00366. The third kappa shape index (κ3) is 4.86. The Morgan fingerprint density at radius 2 is 1.97 bits per heavy atom. The van der Waals surface area contributed by atoms with Crippen LogP contribution in [0.1, 0.15) is 44.8 Å². The van der Waals surface area contributed by atoms with Crippen molar-refractivity contribution in [1.82, 2.24) is 9.71 Å². The molecule has 0 aliphatic rings. The summed E-state index contributed by atoms with van der Waals surface area (Å²) < 4.78 is 37.5. The highest BCUT2D eigenvalue weighted by Crippen LogP contribution is 2.22. The number of methoxy groups -OCH3 is 1. The van der Waals surface area contributed by atoms with Gasteiger partial charge in [0.05, 0.1) is 30.4 Å². The standard InChI is InChI=1S/C21H23N3O6S/c1-4-17-18(21(26)29-3)13(2)19(24-17)20(25)23-14-7-5-9-16(11-14)31(27,28)22-12-15-8-6-10-30-15/h5-11,22,24H,4,12H2,1-3H3,(H,23,25). The number of benzene rings is 1. The van der Waals surface area contributed by atoms with Crippen LogP contribution < -0.4 is 10.0 Å². The Labute approximate surface area is 179 Å². The number of sulfonamides is 1. The molecular formula is C21H23N3O6S. The van der Waals surface area contributed by atoms with Crippen LogP contribution in [0, 0.1) is 6.92 Å². The van der Waals surface area contributed by atoms with E-state index in [2.05, 4.69) is 15.0 Å². The number of rotatable bonds is 8. The molecule has 0 aliphatic carbocycles. The third-order valence-corrected chi connectivity index (χ3v) is 6.12. The van der Waals surface area contributed by atoms with Crippen molar-refractivity contribution in [2.24, 2.45) is 0 Å². The van der Waals surface area contributed by atoms with Gasteiger partial charge in [0.1, 0.15) is 11.5 Å². The number of nitrogens with one attached hydrogen (secondary N) is 3. The molecule has 3 rings (SSSR count). The van der Waals surface area contributed by atoms with Crippen molar-refractivity contribution in [2.75, 3.05) is 12.4 Å². The Bertz CT molecular complexity index is 1200. The van der Waals surface area contributed by atoms with Gasteiger partial charge in [-0.3, -0.25) is 4.79 Å². The van der Waals surface area contributed by atoms with Crippen LogP contribution >= 0.6 is 0 Å². The summed E-state index contributed by atoms with van der Waals surface area (Å²) in [4.78, 5) is 27.8. The van der Waals surface area contributed by atoms with E-state index >= 15 is 0 Å². The molecule has 1 aromatic carbocycles. The van der Waals surface area contributed by atoms with Crippen molar-refractivity contribution in [3.63, 3.8) is 0 Å². The lowest BCUT2D eigenvalue weighted by Crippen LogP contribution is -2.23. The van der Waals surface area contributed by atoms with E-state index in [0.29, 0.717) is 29.0 Å². The molecule has 0 saturated carbocycles. The lowest BCUT2D eigenvalue weighted by Gasteiger charge is -2.09. The zero-order valence-electron chi connectivity index (χ0n) is 17.3. The van der Waals surface area contributed by atoms with E-state index in [-0.39, 0.29) is 22.8 Å². The molecule has 0 saturated heterocycles. The number of hydrogen-bond acceptors (Lipinski definition) is 6. The van der Waals surface area contributed by atoms with Gasteiger partial charge in [-0.15, -0.1) is 0 Å². The van der Waals surface area contributed by atoms with Crippen molar-refractivity contribution in [1.29, 1.82) is 0 Å². The Balaban J connectivity index is 1.80. The molecule has 0 fully saturated rings. The molecule has 1 amide bonds. The highest BCUT2D eigenvalue weighted by Gasteiger charge is 2.24. The highest BCUT2D eigenvalue weighted by atomic mass is 32.2. The first-order chi connectivity index (χ1) is 14.8. The second-order valence-corrected chi connectivity index (χ2v) is 8.48. The van der Waals surface area contributed by atoms with Crippen LogP contribution in [0.25, 0.3) is 0 Å². The van der Waals surface area contributed by atoms with E-state index in [1.54, 1.807) is 25.1 Å². The second-order valence-electron chi connectivity index (χ2n) is 6.71. The highest BCUT2D eigenvalue weighted by molar-refractivity contribution is 7.89. The summed E-state index contributed by atoms with van der Waals surface area (Å²) in [6.45, 7) is 3.50. The van der Waals surface area contributed by atoms with Crippen molar-refractivity contribution in [3.05, 3.63) is 70.9 Å². The smallest absolute Gasteiger partial charge is 0.339 e. The quantitative estimate of drug-likeness (QED) is 0.457. The minimum Gasteiger partial charge on any atom is -0.468 e. The molecule has 31 heavy (non-hydrogen) atoms. The van der Waals surface area contributed by atoms with Gasteiger partial charge < -0.3 is 19.5 Å². The Morgan fingerprint density at radius 3 is 2.61 bits per heavy atom. The number of furan rings is 1. The monoisotopic (exact) mass is 445 g/mol. The van der Waals surface area contributed by atoms with Gasteiger partial charge in [-0.25, -0.2) is 17.9 Å². The van der Waals surface area contributed by atoms with E-state index in [9.17, 15) is 18.0 Å². The van der Waals surface area contributed by atoms with Crippen molar-refractivity contribution in [3.8, 4) is 0 Å². The van der Waals surface area contributed by atoms with Gasteiger partial charge in [0.15, 0.2) is 0 Å². The van der Waals surface area contributed by atoms with Gasteiger partial charge in [0.25, 0.3) is 5.91 Å². The molecule has 0 spiro atoms. The molecule has 0 unspecified atom stereocenters. The van der Waals surface area contributed by atoms with E-state index in [1.807, 2.05) is 6.92 Å². The number of H-pyrrole nitrogens is 1. The Kier molecular flexibility index (Phi) is 6.62. The fourth-order valence-electron chi connectivity index (χ4n) is 3.13. The number of carbonyl (C=O) groups excluding carboxylic acids is 2. The number of carbonyl (C=O) groups is 2. The maximum Gasteiger partial charge on any atom is 0.339 e. The van der Waals surface area contributed by atoms with E-state index in [0.717, 1.165) is 0 Å². The summed E-state index contributed by atoms with van der Waals surface area (Å²) in [6.07, 6.45) is 1.96. The summed E-state index contributed by atoms with van der Waals surface area (Å²) in [5.74, 6) is -0.552. The zero-order valence-corrected chi connectivity index (χ0v) is 18.1. The fraction of sp³-hybridized carbons (Fsp3) is 0.238. The molecule has 164 valence electrons. The molecule has 3 N–H and O–H groups in total. The summed E-state index contributed by atoms with van der Waals surface area (Å²) in [7, 11) is -2.54. The molecule has 0 atom stereocenters. The maximum absolute atomic E-state index is 12.8. The number of aromatic nitrogens is 1. The maximum atomic E-state index is 12.8. The number of hydrogen-bond donors (Lipinski definition) is 3. The molecule has 2 aromatic heterocycles. The Morgan fingerprint density at radius 1 is 1.19 bits per heavy atom. The molecule has 0 bridgehead atoms. The van der Waals surface area contributed by atoms with Crippen molar-refractivity contribution < 1.29 is 27.2 Å². The first-order valence-electron chi connectivity index (χ1n) is 9.50. The summed E-state index contributed by atoms with van der Waals surface area (Å²) in [6, 6.07) is 9.19. The molecule has 0 aliphatic heterocycles. The number of amides is 1. The number of anilines is 1. The van der Waals surface area contributed by atoms with Gasteiger partial charge in [-0.05, 0) is 49.2 Å². The second kappa shape index (κ2) is 9.19. The zero-order chi connectivity index (χ0) is 22.6. The van der Waals surface area contributed by atoms with Gasteiger partial charge >= 0.3 is 5.97 Å². The van der Waals surface area contributed by atoms with Crippen molar-refractivity contribution >= 4 is 27.6 Å². The Hall–Kier alpha value is -3.37. The first-order valence-corrected chi connectivity index (χ1v) is 11.0. The van der Waals surface area contributed by atoms with Crippen LogP contribution in [0.4, 0.5) is 5.69 Å². The summed E-state index contributed by atoms with van der Waals surface area (Å²) in [5, 5.41) is 2.67. The predicted octanol–water partition coefficient (Wildman–Crippen LogP) is 3.00. The lowest BCUT2D eigenvalue weighted by atomic mass is 10.1. The van der Waals surface area contributed by atoms with Crippen LogP contribution in [0.3, 0.4) is 0 Å². The van der Waals surface area contributed by atoms with Crippen LogP contribution in [-0.2, 0) is 27.7 Å². The predicted molar refractivity (Wildman–Crippen MR) is 113 cm³/mol. The number of ether oxygens (including phenoxy) is 1. The largest absolute Gasteiger partial charge is 0.468 e. The average Bonchev–Trinajstić information content (AvgIpc) is 3.39. The molecule has 2 heterocycles. The van der Waals surface area contributed by atoms with Crippen LogP contribution in [0.5, 0.6) is 0 Å². The topological polar surface area (TPSA) is 130 Å². The summed E-state index contributed by atoms with van der Waals surface area (Å²) in [5.41, 5.74) is 1.88. The van der Waals surface area contributed by atoms with Gasteiger partial charge in [0, 0.05) is 11.4 Å². The number of aromatic amines is 1. The van der Waals surface area contributed by atoms with Gasteiger partial charge in [-0.1, -0.05) is 13.0 Å².